The SMILES string of the molecule is COC(C)/C=C(\C)Cn1c2ccccc2c2cc(C(N)=NN=N)ccc21. The maximum atomic E-state index is 6.87. The molecule has 1 heterocycles. The van der Waals surface area contributed by atoms with E-state index >= 15 is 0 Å². The highest BCUT2D eigenvalue weighted by molar-refractivity contribution is 6.11. The number of benzene rings is 2. The van der Waals surface area contributed by atoms with E-state index in [0.29, 0.717) is 0 Å². The lowest BCUT2D eigenvalue weighted by molar-refractivity contribution is 0.155. The number of aromatic nitrogens is 1. The molecule has 0 saturated heterocycles. The Morgan fingerprint density at radius 2 is 1.96 bits per heavy atom. The quantitative estimate of drug-likeness (QED) is 0.227. The van der Waals surface area contributed by atoms with Crippen molar-refractivity contribution in [2.75, 3.05) is 7.11 Å². The number of rotatable bonds is 6. The monoisotopic (exact) mass is 349 g/mol. The van der Waals surface area contributed by atoms with Crippen LogP contribution in [0.5, 0.6) is 0 Å². The maximum absolute atomic E-state index is 6.87. The van der Waals surface area contributed by atoms with Gasteiger partial charge < -0.3 is 15.0 Å². The molecule has 0 aliphatic rings. The van der Waals surface area contributed by atoms with E-state index in [1.165, 1.54) is 5.57 Å². The topological polar surface area (TPSA) is 88.8 Å². The van der Waals surface area contributed by atoms with E-state index in [4.69, 9.17) is 16.0 Å². The second-order valence-corrected chi connectivity index (χ2v) is 6.37. The Morgan fingerprint density at radius 1 is 1.23 bits per heavy atom. The van der Waals surface area contributed by atoms with Gasteiger partial charge in [-0.15, -0.1) is 5.10 Å². The molecule has 0 aliphatic heterocycles. The molecule has 6 nitrogen and oxygen atoms in total. The van der Waals surface area contributed by atoms with Gasteiger partial charge in [-0.2, -0.15) is 5.53 Å². The third kappa shape index (κ3) is 3.36. The number of amidine groups is 1. The van der Waals surface area contributed by atoms with E-state index < -0.39 is 0 Å². The van der Waals surface area contributed by atoms with Gasteiger partial charge in [0.25, 0.3) is 0 Å². The molecule has 0 aliphatic carbocycles. The van der Waals surface area contributed by atoms with Crippen LogP contribution in [0.4, 0.5) is 0 Å². The fourth-order valence-electron chi connectivity index (χ4n) is 3.27. The Balaban J connectivity index is 2.17. The molecule has 26 heavy (non-hydrogen) atoms. The first-order valence-electron chi connectivity index (χ1n) is 8.46. The molecule has 0 spiro atoms. The number of ether oxygens (including phenoxy) is 1. The zero-order chi connectivity index (χ0) is 18.7. The average Bonchev–Trinajstić information content (AvgIpc) is 2.95. The van der Waals surface area contributed by atoms with Crippen molar-refractivity contribution >= 4 is 27.6 Å². The van der Waals surface area contributed by atoms with Gasteiger partial charge in [-0.25, -0.2) is 0 Å². The van der Waals surface area contributed by atoms with Gasteiger partial charge in [0, 0.05) is 41.0 Å². The van der Waals surface area contributed by atoms with Crippen molar-refractivity contribution in [1.29, 1.82) is 5.53 Å². The van der Waals surface area contributed by atoms with Crippen LogP contribution >= 0.6 is 0 Å². The summed E-state index contributed by atoms with van der Waals surface area (Å²) in [6.07, 6.45) is 2.22. The number of methoxy groups -OCH3 is 1. The van der Waals surface area contributed by atoms with Crippen molar-refractivity contribution in [3.8, 4) is 0 Å². The van der Waals surface area contributed by atoms with Crippen molar-refractivity contribution in [3.63, 3.8) is 0 Å². The van der Waals surface area contributed by atoms with Crippen LogP contribution in [0.2, 0.25) is 0 Å². The van der Waals surface area contributed by atoms with E-state index in [9.17, 15) is 0 Å². The smallest absolute Gasteiger partial charge is 0.155 e. The van der Waals surface area contributed by atoms with Gasteiger partial charge in [-0.1, -0.05) is 35.1 Å². The van der Waals surface area contributed by atoms with E-state index in [1.54, 1.807) is 7.11 Å². The summed E-state index contributed by atoms with van der Waals surface area (Å²) in [5, 5.41) is 8.92. The number of nitrogens with one attached hydrogen (secondary N) is 1. The lowest BCUT2D eigenvalue weighted by Crippen LogP contribution is -2.12. The molecule has 0 amide bonds. The minimum atomic E-state index is 0.0827. The second kappa shape index (κ2) is 7.49. The fraction of sp³-hybridized carbons (Fsp3) is 0.250. The number of nitrogens with zero attached hydrogens (tertiary/aromatic N) is 3. The zero-order valence-electron chi connectivity index (χ0n) is 15.2. The highest BCUT2D eigenvalue weighted by Gasteiger charge is 2.12. The van der Waals surface area contributed by atoms with Crippen molar-refractivity contribution in [2.24, 2.45) is 16.1 Å². The average molecular weight is 349 g/mol. The molecule has 3 N–H and O–H groups in total. The number of hydrogen-bond acceptors (Lipinski definition) is 3. The van der Waals surface area contributed by atoms with E-state index in [1.807, 2.05) is 37.3 Å². The Bertz CT molecular complexity index is 1020. The summed E-state index contributed by atoms with van der Waals surface area (Å²) < 4.78 is 7.64. The van der Waals surface area contributed by atoms with Crippen LogP contribution in [0.3, 0.4) is 0 Å². The molecular weight excluding hydrogens is 326 g/mol. The summed E-state index contributed by atoms with van der Waals surface area (Å²) in [5.74, 6) is 0.240. The predicted octanol–water partition coefficient (Wildman–Crippen LogP) is 4.43. The molecule has 0 fully saturated rings. The molecule has 1 unspecified atom stereocenters. The third-order valence-electron chi connectivity index (χ3n) is 4.52. The number of fused-ring (bicyclic) bond motifs is 3. The first-order chi connectivity index (χ1) is 12.5. The predicted molar refractivity (Wildman–Crippen MR) is 106 cm³/mol. The maximum Gasteiger partial charge on any atom is 0.155 e. The van der Waals surface area contributed by atoms with Crippen molar-refractivity contribution in [3.05, 3.63) is 59.7 Å². The standard InChI is InChI=1S/C20H23N5O/c1-13(10-14(2)26-3)12-25-18-7-5-4-6-16(18)17-11-15(8-9-19(17)25)20(21)23-24-22/h4-11,14H,12H2,1-3H3,(H3,21,22,23)/b13-10+. The highest BCUT2D eigenvalue weighted by atomic mass is 16.5. The van der Waals surface area contributed by atoms with E-state index in [0.717, 1.165) is 33.9 Å². The van der Waals surface area contributed by atoms with Crippen LogP contribution < -0.4 is 5.73 Å². The fourth-order valence-corrected chi connectivity index (χ4v) is 3.27. The molecule has 0 radical (unpaired) electrons. The van der Waals surface area contributed by atoms with Gasteiger partial charge in [0.05, 0.1) is 6.10 Å². The molecule has 134 valence electrons. The summed E-state index contributed by atoms with van der Waals surface area (Å²) in [6.45, 7) is 4.93. The summed E-state index contributed by atoms with van der Waals surface area (Å²) >= 11 is 0. The Hall–Kier alpha value is -2.99. The molecule has 3 aromatic rings. The molecular formula is C20H23N5O. The number of para-hydroxylation sites is 1. The van der Waals surface area contributed by atoms with Crippen LogP contribution in [0, 0.1) is 5.53 Å². The minimum Gasteiger partial charge on any atom is -0.382 e. The van der Waals surface area contributed by atoms with Crippen molar-refractivity contribution < 1.29 is 4.74 Å². The van der Waals surface area contributed by atoms with Gasteiger partial charge in [0.2, 0.25) is 0 Å². The van der Waals surface area contributed by atoms with Gasteiger partial charge in [0.15, 0.2) is 5.84 Å². The van der Waals surface area contributed by atoms with Gasteiger partial charge in [-0.3, -0.25) is 0 Å². The molecule has 3 rings (SSSR count). The normalized spacial score (nSPS) is 14.1. The summed E-state index contributed by atoms with van der Waals surface area (Å²) in [4.78, 5) is 0. The molecule has 1 atom stereocenters. The first-order valence-corrected chi connectivity index (χ1v) is 8.46. The molecule has 0 bridgehead atoms. The second-order valence-electron chi connectivity index (χ2n) is 6.37. The molecule has 1 aromatic heterocycles. The molecule has 2 aromatic carbocycles. The summed E-state index contributed by atoms with van der Waals surface area (Å²) in [7, 11) is 1.71. The van der Waals surface area contributed by atoms with Crippen LogP contribution in [0.15, 0.2) is 64.4 Å². The first kappa shape index (κ1) is 17.8. The number of hydrogen-bond donors (Lipinski definition) is 2. The summed E-state index contributed by atoms with van der Waals surface area (Å²) in [5.41, 5.74) is 17.1. The van der Waals surface area contributed by atoms with E-state index in [2.05, 4.69) is 40.0 Å². The van der Waals surface area contributed by atoms with Gasteiger partial charge in [-0.05, 0) is 38.1 Å². The lowest BCUT2D eigenvalue weighted by atomic mass is 10.1. The highest BCUT2D eigenvalue weighted by Crippen LogP contribution is 2.30. The third-order valence-corrected chi connectivity index (χ3v) is 4.52. The Morgan fingerprint density at radius 3 is 2.69 bits per heavy atom. The number of allylic oxidation sites excluding steroid dienone is 1. The lowest BCUT2D eigenvalue weighted by Gasteiger charge is -2.11. The van der Waals surface area contributed by atoms with Crippen LogP contribution in [0.25, 0.3) is 21.8 Å². The zero-order valence-corrected chi connectivity index (χ0v) is 15.2. The Labute approximate surface area is 152 Å². The Kier molecular flexibility index (Phi) is 5.14. The van der Waals surface area contributed by atoms with E-state index in [-0.39, 0.29) is 11.9 Å². The van der Waals surface area contributed by atoms with Crippen molar-refractivity contribution in [2.45, 2.75) is 26.5 Å². The van der Waals surface area contributed by atoms with Crippen LogP contribution in [0.1, 0.15) is 19.4 Å². The minimum absolute atomic E-state index is 0.0827. The van der Waals surface area contributed by atoms with Gasteiger partial charge >= 0.3 is 0 Å². The molecule has 6 heteroatoms. The number of nitrogens with two attached hydrogens (primary N) is 1. The van der Waals surface area contributed by atoms with Crippen LogP contribution in [-0.4, -0.2) is 23.6 Å². The summed E-state index contributed by atoms with van der Waals surface area (Å²) in [6, 6.07) is 14.3. The molecule has 0 saturated carbocycles. The largest absolute Gasteiger partial charge is 0.382 e. The van der Waals surface area contributed by atoms with Crippen LogP contribution in [-0.2, 0) is 11.3 Å². The van der Waals surface area contributed by atoms with Crippen molar-refractivity contribution in [1.82, 2.24) is 4.57 Å². The van der Waals surface area contributed by atoms with Gasteiger partial charge in [0.1, 0.15) is 0 Å².